The van der Waals surface area contributed by atoms with Crippen LogP contribution in [0.1, 0.15) is 60.8 Å². The molecule has 2 unspecified atom stereocenters. The number of halogens is 1. The summed E-state index contributed by atoms with van der Waals surface area (Å²) in [6.45, 7) is 12.8. The van der Waals surface area contributed by atoms with Crippen molar-refractivity contribution < 1.29 is 14.6 Å². The van der Waals surface area contributed by atoms with E-state index >= 15 is 0 Å². The molecule has 0 amide bonds. The minimum Gasteiger partial charge on any atom is -0.462 e. The highest BCUT2D eigenvalue weighted by Crippen LogP contribution is 2.35. The number of likely N-dealkylation sites (N-methyl/N-ethyl adjacent to an activating group) is 1. The average Bonchev–Trinajstić information content (AvgIpc) is 2.33. The molecule has 4 nitrogen and oxygen atoms in total. The van der Waals surface area contributed by atoms with Crippen molar-refractivity contribution in [3.05, 3.63) is 0 Å². The Balaban J connectivity index is 4.85. The van der Waals surface area contributed by atoms with Crippen LogP contribution in [0.15, 0.2) is 0 Å². The van der Waals surface area contributed by atoms with E-state index in [4.69, 9.17) is 4.74 Å². The summed E-state index contributed by atoms with van der Waals surface area (Å²) in [6, 6.07) is -0.196. The predicted molar refractivity (Wildman–Crippen MR) is 95.3 cm³/mol. The summed E-state index contributed by atoms with van der Waals surface area (Å²) in [7, 11) is 1.84. The van der Waals surface area contributed by atoms with Gasteiger partial charge < -0.3 is 9.84 Å². The summed E-state index contributed by atoms with van der Waals surface area (Å²) in [5, 5.41) is 9.32. The third-order valence-electron chi connectivity index (χ3n) is 3.97. The van der Waals surface area contributed by atoms with E-state index in [-0.39, 0.29) is 42.0 Å². The molecular weight excluding hydrogens is 381 g/mol. The van der Waals surface area contributed by atoms with Crippen molar-refractivity contribution in [1.82, 2.24) is 3.11 Å². The first-order chi connectivity index (χ1) is 9.42. The highest BCUT2D eigenvalue weighted by atomic mass is 127. The standard InChI is InChI=1S/C16H32INO3/c1-8-16(5,6)13(10-15(2,3)4)21-14(20)9-12(11-19)18(7)17/h12-13,19H,8-11H2,1-7H3. The zero-order chi connectivity index (χ0) is 16.8. The first-order valence-electron chi connectivity index (χ1n) is 7.62. The Morgan fingerprint density at radius 2 is 1.81 bits per heavy atom. The third-order valence-corrected chi connectivity index (χ3v) is 4.76. The van der Waals surface area contributed by atoms with E-state index in [2.05, 4.69) is 64.4 Å². The Hall–Kier alpha value is 0.120. The largest absolute Gasteiger partial charge is 0.462 e. The van der Waals surface area contributed by atoms with E-state index in [0.717, 1.165) is 12.8 Å². The number of carbonyl (C=O) groups excluding carboxylic acids is 1. The van der Waals surface area contributed by atoms with Crippen molar-refractivity contribution >= 4 is 28.8 Å². The van der Waals surface area contributed by atoms with Crippen LogP contribution >= 0.6 is 22.9 Å². The van der Waals surface area contributed by atoms with E-state index in [9.17, 15) is 9.90 Å². The summed E-state index contributed by atoms with van der Waals surface area (Å²) < 4.78 is 7.61. The Bertz CT molecular complexity index is 324. The highest BCUT2D eigenvalue weighted by molar-refractivity contribution is 14.1. The Labute approximate surface area is 144 Å². The van der Waals surface area contributed by atoms with Gasteiger partial charge in [0, 0.05) is 28.3 Å². The zero-order valence-electron chi connectivity index (χ0n) is 14.6. The fourth-order valence-corrected chi connectivity index (χ4v) is 2.34. The second kappa shape index (κ2) is 8.67. The van der Waals surface area contributed by atoms with E-state index in [1.54, 1.807) is 0 Å². The second-order valence-electron chi connectivity index (χ2n) is 7.65. The lowest BCUT2D eigenvalue weighted by atomic mass is 9.76. The van der Waals surface area contributed by atoms with Crippen LogP contribution < -0.4 is 0 Å². The van der Waals surface area contributed by atoms with Gasteiger partial charge in [-0.15, -0.1) is 0 Å². The first kappa shape index (κ1) is 21.1. The average molecular weight is 413 g/mol. The van der Waals surface area contributed by atoms with Gasteiger partial charge in [-0.1, -0.05) is 41.5 Å². The zero-order valence-corrected chi connectivity index (χ0v) is 16.7. The van der Waals surface area contributed by atoms with Crippen LogP contribution in [-0.2, 0) is 9.53 Å². The fourth-order valence-electron chi connectivity index (χ4n) is 1.96. The number of nitrogens with zero attached hydrogens (tertiary/aromatic N) is 1. The number of hydrogen-bond acceptors (Lipinski definition) is 4. The normalized spacial score (nSPS) is 15.9. The molecule has 126 valence electrons. The first-order valence-corrected chi connectivity index (χ1v) is 8.58. The van der Waals surface area contributed by atoms with E-state index < -0.39 is 0 Å². The molecule has 2 atom stereocenters. The molecule has 0 saturated carbocycles. The molecule has 0 rings (SSSR count). The third kappa shape index (κ3) is 8.35. The molecule has 0 heterocycles. The van der Waals surface area contributed by atoms with E-state index in [1.165, 1.54) is 0 Å². The Kier molecular flexibility index (Phi) is 8.72. The second-order valence-corrected chi connectivity index (χ2v) is 9.17. The summed E-state index contributed by atoms with van der Waals surface area (Å²) in [6.07, 6.45) is 1.91. The van der Waals surface area contributed by atoms with Crippen LogP contribution in [-0.4, -0.2) is 40.0 Å². The molecule has 0 aliphatic rings. The number of aliphatic hydroxyl groups is 1. The molecule has 5 heteroatoms. The van der Waals surface area contributed by atoms with Gasteiger partial charge in [-0.2, -0.15) is 0 Å². The number of esters is 1. The van der Waals surface area contributed by atoms with Crippen LogP contribution in [0.3, 0.4) is 0 Å². The lowest BCUT2D eigenvalue weighted by Crippen LogP contribution is -2.38. The van der Waals surface area contributed by atoms with Gasteiger partial charge in [0.2, 0.25) is 0 Å². The van der Waals surface area contributed by atoms with Crippen molar-refractivity contribution in [1.29, 1.82) is 0 Å². The maximum atomic E-state index is 12.2. The number of rotatable bonds is 8. The molecular formula is C16H32INO3. The van der Waals surface area contributed by atoms with Gasteiger partial charge in [0.15, 0.2) is 0 Å². The molecule has 1 N–H and O–H groups in total. The van der Waals surface area contributed by atoms with Crippen molar-refractivity contribution in [3.8, 4) is 0 Å². The molecule has 0 fully saturated rings. The van der Waals surface area contributed by atoms with Crippen molar-refractivity contribution in [3.63, 3.8) is 0 Å². The number of hydrogen-bond donors (Lipinski definition) is 1. The van der Waals surface area contributed by atoms with Gasteiger partial charge in [-0.3, -0.25) is 4.79 Å². The molecule has 21 heavy (non-hydrogen) atoms. The SMILES string of the molecule is CCC(C)(C)C(CC(C)(C)C)OC(=O)CC(CO)N(C)I. The van der Waals surface area contributed by atoms with Crippen LogP contribution in [0.4, 0.5) is 0 Å². The molecule has 0 aliphatic heterocycles. The van der Waals surface area contributed by atoms with Crippen molar-refractivity contribution in [2.75, 3.05) is 13.7 Å². The molecule has 0 saturated heterocycles. The van der Waals surface area contributed by atoms with E-state index in [0.29, 0.717) is 0 Å². The Morgan fingerprint density at radius 3 is 2.14 bits per heavy atom. The van der Waals surface area contributed by atoms with Crippen molar-refractivity contribution in [2.45, 2.75) is 73.0 Å². The molecule has 0 radical (unpaired) electrons. The van der Waals surface area contributed by atoms with Gasteiger partial charge in [0.05, 0.1) is 19.1 Å². The van der Waals surface area contributed by atoms with Crippen molar-refractivity contribution in [2.24, 2.45) is 10.8 Å². The van der Waals surface area contributed by atoms with Gasteiger partial charge in [0.1, 0.15) is 6.10 Å². The maximum absolute atomic E-state index is 12.2. The molecule has 0 aromatic heterocycles. The summed E-state index contributed by atoms with van der Waals surface area (Å²) in [5.41, 5.74) is 0.0572. The van der Waals surface area contributed by atoms with Crippen LogP contribution in [0, 0.1) is 10.8 Å². The predicted octanol–water partition coefficient (Wildman–Crippen LogP) is 3.80. The summed E-state index contributed by atoms with van der Waals surface area (Å²) in [4.78, 5) is 12.2. The van der Waals surface area contributed by atoms with Crippen LogP contribution in [0.5, 0.6) is 0 Å². The van der Waals surface area contributed by atoms with E-state index in [1.807, 2.05) is 10.2 Å². The molecule has 0 aromatic rings. The lowest BCUT2D eigenvalue weighted by Gasteiger charge is -2.37. The van der Waals surface area contributed by atoms with Crippen LogP contribution in [0.25, 0.3) is 0 Å². The number of aliphatic hydroxyl groups excluding tert-OH is 1. The summed E-state index contributed by atoms with van der Waals surface area (Å²) >= 11 is 2.08. The Morgan fingerprint density at radius 1 is 1.29 bits per heavy atom. The molecule has 0 bridgehead atoms. The van der Waals surface area contributed by atoms with Gasteiger partial charge in [-0.05, 0) is 25.3 Å². The smallest absolute Gasteiger partial charge is 0.307 e. The van der Waals surface area contributed by atoms with Crippen LogP contribution in [0.2, 0.25) is 0 Å². The maximum Gasteiger partial charge on any atom is 0.307 e. The minimum atomic E-state index is -0.228. The van der Waals surface area contributed by atoms with Gasteiger partial charge >= 0.3 is 5.97 Å². The van der Waals surface area contributed by atoms with Gasteiger partial charge in [0.25, 0.3) is 0 Å². The summed E-state index contributed by atoms with van der Waals surface area (Å²) in [5.74, 6) is -0.228. The van der Waals surface area contributed by atoms with Gasteiger partial charge in [-0.25, -0.2) is 3.11 Å². The molecule has 0 aliphatic carbocycles. The fraction of sp³-hybridized carbons (Fsp3) is 0.938. The molecule has 0 aromatic carbocycles. The minimum absolute atomic E-state index is 0.0460. The highest BCUT2D eigenvalue weighted by Gasteiger charge is 2.34. The molecule has 0 spiro atoms. The topological polar surface area (TPSA) is 49.8 Å². The monoisotopic (exact) mass is 413 g/mol. The quantitative estimate of drug-likeness (QED) is 0.374. The number of ether oxygens (including phenoxy) is 1. The number of carbonyl (C=O) groups is 1. The lowest BCUT2D eigenvalue weighted by molar-refractivity contribution is -0.159.